The molecular weight excluding hydrogens is 316 g/mol. The molecule has 0 bridgehead atoms. The zero-order valence-corrected chi connectivity index (χ0v) is 13.6. The van der Waals surface area contributed by atoms with Crippen LogP contribution < -0.4 is 5.32 Å². The van der Waals surface area contributed by atoms with E-state index in [1.54, 1.807) is 23.0 Å². The van der Waals surface area contributed by atoms with Gasteiger partial charge in [-0.05, 0) is 49.9 Å². The monoisotopic (exact) mass is 334 g/mol. The first-order valence-corrected chi connectivity index (χ1v) is 8.39. The maximum absolute atomic E-state index is 9.62. The topological polar surface area (TPSA) is 99.1 Å². The second-order valence-corrected chi connectivity index (χ2v) is 6.33. The SMILES string of the molecule is N#Cc1ccc(-c2cnc3ccc(N[C@H]4CC[C@H](O)CC4)nn23)cn1. The number of nitrogens with one attached hydrogen (secondary N) is 1. The fraction of sp³-hybridized carbons (Fsp3) is 0.333. The average molecular weight is 334 g/mol. The van der Waals surface area contributed by atoms with Gasteiger partial charge in [-0.25, -0.2) is 14.5 Å². The van der Waals surface area contributed by atoms with Crippen LogP contribution in [-0.4, -0.2) is 36.8 Å². The first-order valence-electron chi connectivity index (χ1n) is 8.39. The lowest BCUT2D eigenvalue weighted by atomic mass is 9.93. The summed E-state index contributed by atoms with van der Waals surface area (Å²) in [6, 6.07) is 9.73. The third kappa shape index (κ3) is 3.16. The van der Waals surface area contributed by atoms with E-state index in [-0.39, 0.29) is 6.10 Å². The van der Waals surface area contributed by atoms with Crippen molar-refractivity contribution in [1.29, 1.82) is 5.26 Å². The van der Waals surface area contributed by atoms with E-state index in [4.69, 9.17) is 5.26 Å². The van der Waals surface area contributed by atoms with E-state index in [1.807, 2.05) is 24.3 Å². The molecule has 0 unspecified atom stereocenters. The van der Waals surface area contributed by atoms with Crippen LogP contribution in [0.2, 0.25) is 0 Å². The molecular formula is C18H18N6O. The van der Waals surface area contributed by atoms with Gasteiger partial charge in [0.1, 0.15) is 17.6 Å². The first-order chi connectivity index (χ1) is 12.2. The van der Waals surface area contributed by atoms with Crippen LogP contribution in [0.15, 0.2) is 36.7 Å². The minimum absolute atomic E-state index is 0.169. The lowest BCUT2D eigenvalue weighted by Gasteiger charge is -2.26. The van der Waals surface area contributed by atoms with Crippen LogP contribution in [0.25, 0.3) is 16.9 Å². The number of fused-ring (bicyclic) bond motifs is 1. The van der Waals surface area contributed by atoms with Crippen molar-refractivity contribution in [3.63, 3.8) is 0 Å². The Kier molecular flexibility index (Phi) is 4.04. The van der Waals surface area contributed by atoms with Crippen LogP contribution in [0.1, 0.15) is 31.4 Å². The third-order valence-corrected chi connectivity index (χ3v) is 4.58. The van der Waals surface area contributed by atoms with Crippen LogP contribution >= 0.6 is 0 Å². The van der Waals surface area contributed by atoms with Crippen LogP contribution in [0, 0.1) is 11.3 Å². The molecule has 3 aromatic rings. The van der Waals surface area contributed by atoms with Gasteiger partial charge in [-0.15, -0.1) is 5.10 Å². The number of hydrogen-bond donors (Lipinski definition) is 2. The molecule has 0 spiro atoms. The van der Waals surface area contributed by atoms with Gasteiger partial charge in [0.05, 0.1) is 18.0 Å². The fourth-order valence-corrected chi connectivity index (χ4v) is 3.19. The van der Waals surface area contributed by atoms with E-state index in [0.29, 0.717) is 11.7 Å². The fourth-order valence-electron chi connectivity index (χ4n) is 3.19. The number of pyridine rings is 1. The van der Waals surface area contributed by atoms with Crippen molar-refractivity contribution >= 4 is 11.5 Å². The standard InChI is InChI=1S/C18H18N6O/c19-9-14-2-1-12(10-20-14)16-11-21-18-8-7-17(23-24(16)18)22-13-3-5-15(25)6-4-13/h1-2,7-8,10-11,13,15,25H,3-6H2,(H,22,23)/t13-,15-. The summed E-state index contributed by atoms with van der Waals surface area (Å²) in [5.41, 5.74) is 2.82. The number of hydrogen-bond acceptors (Lipinski definition) is 6. The number of rotatable bonds is 3. The second-order valence-electron chi connectivity index (χ2n) is 6.33. The highest BCUT2D eigenvalue weighted by atomic mass is 16.3. The van der Waals surface area contributed by atoms with Crippen molar-refractivity contribution in [2.24, 2.45) is 0 Å². The molecule has 0 saturated heterocycles. The average Bonchev–Trinajstić information content (AvgIpc) is 3.07. The maximum Gasteiger partial charge on any atom is 0.154 e. The lowest BCUT2D eigenvalue weighted by molar-refractivity contribution is 0.126. The highest BCUT2D eigenvalue weighted by Crippen LogP contribution is 2.23. The molecule has 2 N–H and O–H groups in total. The first kappa shape index (κ1) is 15.5. The molecule has 126 valence electrons. The summed E-state index contributed by atoms with van der Waals surface area (Å²) in [7, 11) is 0. The number of aliphatic hydroxyl groups excluding tert-OH is 1. The molecule has 3 aromatic heterocycles. The van der Waals surface area contributed by atoms with Gasteiger partial charge >= 0.3 is 0 Å². The van der Waals surface area contributed by atoms with E-state index >= 15 is 0 Å². The van der Waals surface area contributed by atoms with Crippen molar-refractivity contribution in [3.8, 4) is 17.3 Å². The Bertz CT molecular complexity index is 919. The van der Waals surface area contributed by atoms with Crippen molar-refractivity contribution in [1.82, 2.24) is 19.6 Å². The summed E-state index contributed by atoms with van der Waals surface area (Å²) in [4.78, 5) is 8.50. The van der Waals surface area contributed by atoms with Crippen LogP contribution in [-0.2, 0) is 0 Å². The molecule has 0 atom stereocenters. The number of aromatic nitrogens is 4. The van der Waals surface area contributed by atoms with E-state index in [1.165, 1.54) is 0 Å². The summed E-state index contributed by atoms with van der Waals surface area (Å²) in [5.74, 6) is 0.787. The molecule has 1 aliphatic rings. The van der Waals surface area contributed by atoms with Gasteiger partial charge in [0.2, 0.25) is 0 Å². The summed E-state index contributed by atoms with van der Waals surface area (Å²) < 4.78 is 1.78. The number of anilines is 1. The third-order valence-electron chi connectivity index (χ3n) is 4.58. The van der Waals surface area contributed by atoms with Crippen molar-refractivity contribution in [2.45, 2.75) is 37.8 Å². The Balaban J connectivity index is 1.62. The normalized spacial score (nSPS) is 20.3. The number of nitrogens with zero attached hydrogens (tertiary/aromatic N) is 5. The molecule has 0 radical (unpaired) electrons. The molecule has 1 saturated carbocycles. The Morgan fingerprint density at radius 2 is 1.92 bits per heavy atom. The molecule has 7 heteroatoms. The van der Waals surface area contributed by atoms with E-state index < -0.39 is 0 Å². The van der Waals surface area contributed by atoms with Gasteiger partial charge in [0.25, 0.3) is 0 Å². The van der Waals surface area contributed by atoms with Gasteiger partial charge in [-0.3, -0.25) is 0 Å². The molecule has 25 heavy (non-hydrogen) atoms. The van der Waals surface area contributed by atoms with E-state index in [0.717, 1.165) is 48.4 Å². The highest BCUT2D eigenvalue weighted by molar-refractivity contribution is 5.63. The smallest absolute Gasteiger partial charge is 0.154 e. The van der Waals surface area contributed by atoms with E-state index in [9.17, 15) is 5.11 Å². The summed E-state index contributed by atoms with van der Waals surface area (Å²) >= 11 is 0. The van der Waals surface area contributed by atoms with Gasteiger partial charge in [0, 0.05) is 17.8 Å². The molecule has 3 heterocycles. The zero-order chi connectivity index (χ0) is 17.2. The molecule has 7 nitrogen and oxygen atoms in total. The molecule has 0 aliphatic heterocycles. The number of imidazole rings is 1. The molecule has 0 aromatic carbocycles. The van der Waals surface area contributed by atoms with Crippen molar-refractivity contribution < 1.29 is 5.11 Å². The number of nitriles is 1. The van der Waals surface area contributed by atoms with E-state index in [2.05, 4.69) is 20.4 Å². The molecule has 1 fully saturated rings. The Labute approximate surface area is 145 Å². The van der Waals surface area contributed by atoms with Gasteiger partial charge in [0.15, 0.2) is 5.65 Å². The van der Waals surface area contributed by atoms with Crippen LogP contribution in [0.5, 0.6) is 0 Å². The predicted molar refractivity (Wildman–Crippen MR) is 92.8 cm³/mol. The number of aliphatic hydroxyl groups is 1. The predicted octanol–water partition coefficient (Wildman–Crippen LogP) is 2.38. The minimum Gasteiger partial charge on any atom is -0.393 e. The lowest BCUT2D eigenvalue weighted by Crippen LogP contribution is -2.28. The summed E-state index contributed by atoms with van der Waals surface area (Å²) in [6.45, 7) is 0. The van der Waals surface area contributed by atoms with Gasteiger partial charge < -0.3 is 10.4 Å². The summed E-state index contributed by atoms with van der Waals surface area (Å²) in [5, 5.41) is 26.6. The van der Waals surface area contributed by atoms with Crippen molar-refractivity contribution in [2.75, 3.05) is 5.32 Å². The minimum atomic E-state index is -0.169. The molecule has 0 amide bonds. The van der Waals surface area contributed by atoms with Crippen LogP contribution in [0.4, 0.5) is 5.82 Å². The van der Waals surface area contributed by atoms with Crippen molar-refractivity contribution in [3.05, 3.63) is 42.4 Å². The Morgan fingerprint density at radius 3 is 2.64 bits per heavy atom. The quantitative estimate of drug-likeness (QED) is 0.763. The second kappa shape index (κ2) is 6.49. The van der Waals surface area contributed by atoms with Gasteiger partial charge in [-0.2, -0.15) is 5.26 Å². The highest BCUT2D eigenvalue weighted by Gasteiger charge is 2.19. The molecule has 4 rings (SSSR count). The molecule has 1 aliphatic carbocycles. The maximum atomic E-state index is 9.62. The Morgan fingerprint density at radius 1 is 1.08 bits per heavy atom. The van der Waals surface area contributed by atoms with Crippen LogP contribution in [0.3, 0.4) is 0 Å². The largest absolute Gasteiger partial charge is 0.393 e. The zero-order valence-electron chi connectivity index (χ0n) is 13.6. The summed E-state index contributed by atoms with van der Waals surface area (Å²) in [6.07, 6.45) is 6.78. The Hall–Kier alpha value is -2.98. The van der Waals surface area contributed by atoms with Gasteiger partial charge in [-0.1, -0.05) is 0 Å².